The Hall–Kier alpha value is -2.87. The normalized spacial score (nSPS) is 15.8. The lowest BCUT2D eigenvalue weighted by atomic mass is 9.93. The first-order valence-corrected chi connectivity index (χ1v) is 10.2. The smallest absolute Gasteiger partial charge is 0.290 e. The third-order valence-corrected chi connectivity index (χ3v) is 5.58. The molecule has 8 heteroatoms. The van der Waals surface area contributed by atoms with Gasteiger partial charge in [-0.2, -0.15) is 5.10 Å². The molecule has 0 saturated carbocycles. The lowest BCUT2D eigenvalue weighted by Crippen LogP contribution is -2.53. The van der Waals surface area contributed by atoms with Crippen molar-refractivity contribution in [2.45, 2.75) is 25.6 Å². The van der Waals surface area contributed by atoms with E-state index in [0.29, 0.717) is 26.1 Å². The van der Waals surface area contributed by atoms with E-state index in [9.17, 15) is 9.59 Å². The number of hydrogen-bond donors (Lipinski definition) is 0. The number of carbonyl (C=O) groups is 2. The van der Waals surface area contributed by atoms with Crippen molar-refractivity contribution in [3.63, 3.8) is 0 Å². The van der Waals surface area contributed by atoms with Gasteiger partial charge in [-0.15, -0.1) is 0 Å². The van der Waals surface area contributed by atoms with Gasteiger partial charge in [0.05, 0.1) is 23.5 Å². The van der Waals surface area contributed by atoms with Gasteiger partial charge in [0, 0.05) is 32.8 Å². The number of fused-ring (bicyclic) bond motifs is 1. The van der Waals surface area contributed by atoms with E-state index in [-0.39, 0.29) is 17.6 Å². The second-order valence-corrected chi connectivity index (χ2v) is 8.00. The largest absolute Gasteiger partial charge is 0.459 e. The molecule has 0 fully saturated rings. The topological polar surface area (TPSA) is 71.6 Å². The number of amides is 2. The van der Waals surface area contributed by atoms with E-state index in [1.54, 1.807) is 39.9 Å². The summed E-state index contributed by atoms with van der Waals surface area (Å²) in [5.41, 5.74) is 2.15. The minimum Gasteiger partial charge on any atom is -0.459 e. The summed E-state index contributed by atoms with van der Waals surface area (Å²) in [6.45, 7) is 1.45. The first-order chi connectivity index (χ1) is 14.0. The lowest BCUT2D eigenvalue weighted by Gasteiger charge is -2.37. The van der Waals surface area contributed by atoms with Gasteiger partial charge in [0.15, 0.2) is 5.76 Å². The van der Waals surface area contributed by atoms with Crippen LogP contribution in [-0.4, -0.2) is 51.0 Å². The average Bonchev–Trinajstić information content (AvgIpc) is 3.42. The van der Waals surface area contributed by atoms with Crippen LogP contribution in [0, 0.1) is 0 Å². The maximum Gasteiger partial charge on any atom is 0.290 e. The highest BCUT2D eigenvalue weighted by atomic mass is 79.9. The van der Waals surface area contributed by atoms with Gasteiger partial charge in [0.25, 0.3) is 5.91 Å². The molecule has 2 amide bonds. The SMILES string of the molecule is CN(CCn1cc(Br)cn1)C(=O)C1Cc2ccccc2CN1C(=O)c1ccco1. The fourth-order valence-corrected chi connectivity index (χ4v) is 3.90. The molecule has 0 bridgehead atoms. The van der Waals surface area contributed by atoms with Gasteiger partial charge in [-0.05, 0) is 39.2 Å². The van der Waals surface area contributed by atoms with E-state index in [2.05, 4.69) is 21.0 Å². The molecule has 7 nitrogen and oxygen atoms in total. The number of likely N-dealkylation sites (N-methyl/N-ethyl adjacent to an activating group) is 1. The van der Waals surface area contributed by atoms with Crippen LogP contribution in [0.15, 0.2) is 63.9 Å². The monoisotopic (exact) mass is 456 g/mol. The summed E-state index contributed by atoms with van der Waals surface area (Å²) in [5.74, 6) is -0.121. The summed E-state index contributed by atoms with van der Waals surface area (Å²) in [4.78, 5) is 29.6. The van der Waals surface area contributed by atoms with Gasteiger partial charge < -0.3 is 14.2 Å². The summed E-state index contributed by atoms with van der Waals surface area (Å²) in [7, 11) is 1.76. The Morgan fingerprint density at radius 3 is 2.72 bits per heavy atom. The molecule has 0 radical (unpaired) electrons. The van der Waals surface area contributed by atoms with Gasteiger partial charge in [0.1, 0.15) is 6.04 Å². The van der Waals surface area contributed by atoms with Crippen LogP contribution in [0.25, 0.3) is 0 Å². The number of aromatic nitrogens is 2. The van der Waals surface area contributed by atoms with Crippen LogP contribution in [-0.2, 0) is 24.3 Å². The summed E-state index contributed by atoms with van der Waals surface area (Å²) in [5, 5.41) is 4.22. The zero-order chi connectivity index (χ0) is 20.4. The molecular weight excluding hydrogens is 436 g/mol. The van der Waals surface area contributed by atoms with Crippen molar-refractivity contribution in [1.29, 1.82) is 0 Å². The van der Waals surface area contributed by atoms with Crippen molar-refractivity contribution in [2.24, 2.45) is 0 Å². The highest BCUT2D eigenvalue weighted by molar-refractivity contribution is 9.10. The van der Waals surface area contributed by atoms with E-state index >= 15 is 0 Å². The molecule has 1 atom stereocenters. The van der Waals surface area contributed by atoms with Crippen LogP contribution in [0.3, 0.4) is 0 Å². The molecule has 150 valence electrons. The molecule has 0 saturated heterocycles. The van der Waals surface area contributed by atoms with Gasteiger partial charge in [0.2, 0.25) is 5.91 Å². The molecule has 4 rings (SSSR count). The summed E-state index contributed by atoms with van der Waals surface area (Å²) >= 11 is 3.37. The van der Waals surface area contributed by atoms with E-state index < -0.39 is 6.04 Å². The van der Waals surface area contributed by atoms with Crippen molar-refractivity contribution in [3.8, 4) is 0 Å². The molecule has 1 aliphatic heterocycles. The molecule has 1 unspecified atom stereocenters. The van der Waals surface area contributed by atoms with Crippen LogP contribution >= 0.6 is 15.9 Å². The number of nitrogens with zero attached hydrogens (tertiary/aromatic N) is 4. The summed E-state index contributed by atoms with van der Waals surface area (Å²) in [6.07, 6.45) is 5.53. The highest BCUT2D eigenvalue weighted by Gasteiger charge is 2.37. The zero-order valence-corrected chi connectivity index (χ0v) is 17.6. The van der Waals surface area contributed by atoms with E-state index in [1.807, 2.05) is 30.5 Å². The van der Waals surface area contributed by atoms with E-state index in [1.165, 1.54) is 6.26 Å². The zero-order valence-electron chi connectivity index (χ0n) is 16.0. The van der Waals surface area contributed by atoms with Crippen molar-refractivity contribution in [3.05, 3.63) is 76.4 Å². The minimum absolute atomic E-state index is 0.0920. The lowest BCUT2D eigenvalue weighted by molar-refractivity contribution is -0.135. The predicted molar refractivity (Wildman–Crippen MR) is 110 cm³/mol. The first-order valence-electron chi connectivity index (χ1n) is 9.37. The van der Waals surface area contributed by atoms with Gasteiger partial charge >= 0.3 is 0 Å². The molecule has 0 spiro atoms. The van der Waals surface area contributed by atoms with Crippen molar-refractivity contribution < 1.29 is 14.0 Å². The van der Waals surface area contributed by atoms with Gasteiger partial charge in [-0.25, -0.2) is 0 Å². The third-order valence-electron chi connectivity index (χ3n) is 5.17. The van der Waals surface area contributed by atoms with Crippen LogP contribution < -0.4 is 0 Å². The summed E-state index contributed by atoms with van der Waals surface area (Å²) < 4.78 is 7.97. The van der Waals surface area contributed by atoms with E-state index in [4.69, 9.17) is 4.42 Å². The van der Waals surface area contributed by atoms with Crippen molar-refractivity contribution in [1.82, 2.24) is 19.6 Å². The van der Waals surface area contributed by atoms with Crippen LogP contribution in [0.4, 0.5) is 0 Å². The standard InChI is InChI=1S/C21H21BrN4O3/c1-24(8-9-25-14-17(22)12-23-25)20(27)18-11-15-5-2-3-6-16(15)13-26(18)21(28)19-7-4-10-29-19/h2-7,10,12,14,18H,8-9,11,13H2,1H3. The number of carbonyl (C=O) groups excluding carboxylic acids is 2. The van der Waals surface area contributed by atoms with Gasteiger partial charge in [-0.1, -0.05) is 24.3 Å². The Balaban J connectivity index is 1.54. The molecule has 1 aliphatic rings. The molecule has 3 heterocycles. The fourth-order valence-electron chi connectivity index (χ4n) is 3.58. The maximum absolute atomic E-state index is 13.3. The van der Waals surface area contributed by atoms with Crippen LogP contribution in [0.2, 0.25) is 0 Å². The molecule has 29 heavy (non-hydrogen) atoms. The Bertz CT molecular complexity index is 1010. The first kappa shape index (κ1) is 19.4. The Kier molecular flexibility index (Phi) is 5.53. The second kappa shape index (κ2) is 8.24. The average molecular weight is 457 g/mol. The Morgan fingerprint density at radius 1 is 1.24 bits per heavy atom. The number of rotatable bonds is 5. The van der Waals surface area contributed by atoms with Gasteiger partial charge in [-0.3, -0.25) is 14.3 Å². The molecular formula is C21H21BrN4O3. The Labute approximate surface area is 177 Å². The number of furan rings is 1. The Morgan fingerprint density at radius 2 is 2.03 bits per heavy atom. The van der Waals surface area contributed by atoms with Crippen LogP contribution in [0.5, 0.6) is 0 Å². The molecule has 0 aliphatic carbocycles. The third kappa shape index (κ3) is 4.12. The molecule has 1 aromatic carbocycles. The molecule has 2 aromatic heterocycles. The number of hydrogen-bond acceptors (Lipinski definition) is 4. The number of benzene rings is 1. The summed E-state index contributed by atoms with van der Waals surface area (Å²) in [6, 6.07) is 10.7. The quantitative estimate of drug-likeness (QED) is 0.591. The number of halogens is 1. The maximum atomic E-state index is 13.3. The predicted octanol–water partition coefficient (Wildman–Crippen LogP) is 2.96. The molecule has 3 aromatic rings. The van der Waals surface area contributed by atoms with E-state index in [0.717, 1.165) is 15.6 Å². The van der Waals surface area contributed by atoms with Crippen LogP contribution in [0.1, 0.15) is 21.7 Å². The van der Waals surface area contributed by atoms with Crippen molar-refractivity contribution in [2.75, 3.05) is 13.6 Å². The minimum atomic E-state index is -0.572. The fraction of sp³-hybridized carbons (Fsp3) is 0.286. The molecule has 0 N–H and O–H groups in total. The van der Waals surface area contributed by atoms with Crippen molar-refractivity contribution >= 4 is 27.7 Å². The second-order valence-electron chi connectivity index (χ2n) is 7.08. The highest BCUT2D eigenvalue weighted by Crippen LogP contribution is 2.26.